The molecule has 0 fully saturated rings. The van der Waals surface area contributed by atoms with Crippen LogP contribution in [0.15, 0.2) is 0 Å². The lowest BCUT2D eigenvalue weighted by Gasteiger charge is -1.24. The van der Waals surface area contributed by atoms with Gasteiger partial charge < -0.3 is 5.73 Å². The molecule has 0 amide bonds. The zero-order chi connectivity index (χ0) is 2.71. The van der Waals surface area contributed by atoms with E-state index in [1.54, 1.807) is 0 Å². The van der Waals surface area contributed by atoms with Crippen LogP contribution >= 0.6 is 0 Å². The van der Waals surface area contributed by atoms with Gasteiger partial charge in [-0.3, -0.25) is 0 Å². The molecule has 0 aliphatic carbocycles. The lowest BCUT2D eigenvalue weighted by Crippen LogP contribution is -1.69. The standard InChI is InChI=1S/CH2N2.Mg.2H/c2-1-3;;;/h2H2;;;. The van der Waals surface area contributed by atoms with E-state index in [0.717, 1.165) is 0 Å². The molecule has 0 radical (unpaired) electrons. The van der Waals surface area contributed by atoms with Gasteiger partial charge in [-0.1, -0.05) is 0 Å². The van der Waals surface area contributed by atoms with Gasteiger partial charge in [0.05, 0.1) is 0 Å². The first kappa shape index (κ1) is 8.96. The van der Waals surface area contributed by atoms with Crippen molar-refractivity contribution in [2.75, 3.05) is 0 Å². The summed E-state index contributed by atoms with van der Waals surface area (Å²) in [5.74, 6) is 0. The molecule has 0 aromatic rings. The molecule has 0 aromatic carbocycles. The third-order valence-corrected chi connectivity index (χ3v) is 0. The number of nitriles is 1. The van der Waals surface area contributed by atoms with Crippen molar-refractivity contribution in [3.8, 4) is 6.19 Å². The van der Waals surface area contributed by atoms with Gasteiger partial charge >= 0.3 is 23.1 Å². The van der Waals surface area contributed by atoms with Gasteiger partial charge in [0.15, 0.2) is 6.19 Å². The maximum atomic E-state index is 7.10. The summed E-state index contributed by atoms with van der Waals surface area (Å²) in [6, 6.07) is 0. The van der Waals surface area contributed by atoms with Crippen molar-refractivity contribution in [2.45, 2.75) is 0 Å². The summed E-state index contributed by atoms with van der Waals surface area (Å²) >= 11 is 0. The highest BCUT2D eigenvalue weighted by Gasteiger charge is 1.12. The molecule has 20 valence electrons. The highest BCUT2D eigenvalue weighted by atomic mass is 24.3. The second kappa shape index (κ2) is 11.6. The maximum absolute atomic E-state index is 7.10. The van der Waals surface area contributed by atoms with Crippen LogP contribution < -0.4 is 5.73 Å². The fourth-order valence-electron chi connectivity index (χ4n) is 0. The Labute approximate surface area is 40.7 Å². The summed E-state index contributed by atoms with van der Waals surface area (Å²) in [6.45, 7) is 0. The molecule has 0 aliphatic rings. The van der Waals surface area contributed by atoms with Crippen LogP contribution in [0.1, 0.15) is 0 Å². The van der Waals surface area contributed by atoms with Crippen LogP contribution in [0.3, 0.4) is 0 Å². The van der Waals surface area contributed by atoms with Crippen LogP contribution in [0.5, 0.6) is 0 Å². The van der Waals surface area contributed by atoms with E-state index < -0.39 is 0 Å². The van der Waals surface area contributed by atoms with Crippen molar-refractivity contribution in [3.63, 3.8) is 0 Å². The molecule has 0 unspecified atom stereocenters. The maximum Gasteiger partial charge on any atom is 0.316 e. The van der Waals surface area contributed by atoms with Crippen molar-refractivity contribution in [1.29, 1.82) is 5.26 Å². The molecule has 0 aliphatic heterocycles. The third-order valence-electron chi connectivity index (χ3n) is 0. The Kier molecular flexibility index (Phi) is 25.9. The lowest BCUT2D eigenvalue weighted by molar-refractivity contribution is 1.45. The largest absolute Gasteiger partial charge is 0.337 e. The molecule has 0 atom stereocenters. The summed E-state index contributed by atoms with van der Waals surface area (Å²) in [7, 11) is 0. The first-order valence-electron chi connectivity index (χ1n) is 0.512. The minimum Gasteiger partial charge on any atom is -0.337 e. The molecule has 3 heteroatoms. The molecular formula is CH4MgN2. The Morgan fingerprint density at radius 1 is 1.75 bits per heavy atom. The third kappa shape index (κ3) is 725. The summed E-state index contributed by atoms with van der Waals surface area (Å²) in [4.78, 5) is 0. The highest BCUT2D eigenvalue weighted by molar-refractivity contribution is 5.75. The average Bonchev–Trinajstić information content (AvgIpc) is 0.918. The van der Waals surface area contributed by atoms with Crippen LogP contribution in [0.25, 0.3) is 0 Å². The SMILES string of the molecule is N#CN.[MgH2]. The molecule has 0 aromatic heterocycles. The van der Waals surface area contributed by atoms with Gasteiger partial charge in [0.1, 0.15) is 0 Å². The lowest BCUT2D eigenvalue weighted by atomic mass is 11.5. The van der Waals surface area contributed by atoms with E-state index in [0.29, 0.717) is 0 Å². The quantitative estimate of drug-likeness (QED) is 0.214. The van der Waals surface area contributed by atoms with E-state index in [1.165, 1.54) is 6.19 Å². The second-order valence-corrected chi connectivity index (χ2v) is 0.129. The fourth-order valence-corrected chi connectivity index (χ4v) is 0. The molecule has 0 heterocycles. The normalized spacial score (nSPS) is 1.75. The van der Waals surface area contributed by atoms with Gasteiger partial charge in [-0.15, -0.1) is 0 Å². The molecule has 0 saturated carbocycles. The van der Waals surface area contributed by atoms with Gasteiger partial charge in [0.2, 0.25) is 0 Å². The summed E-state index contributed by atoms with van der Waals surface area (Å²) in [6.07, 6.45) is 1.25. The monoisotopic (exact) mass is 68.0 g/mol. The Morgan fingerprint density at radius 2 is 1.75 bits per heavy atom. The summed E-state index contributed by atoms with van der Waals surface area (Å²) in [5, 5.41) is 7.10. The molecule has 0 spiro atoms. The molecule has 0 rings (SSSR count). The van der Waals surface area contributed by atoms with Crippen molar-refractivity contribution in [3.05, 3.63) is 0 Å². The van der Waals surface area contributed by atoms with Crippen molar-refractivity contribution in [2.24, 2.45) is 5.73 Å². The zero-order valence-corrected chi connectivity index (χ0v) is 1.52. The van der Waals surface area contributed by atoms with Gasteiger partial charge in [-0.2, -0.15) is 5.26 Å². The molecular weight excluding hydrogens is 64.3 g/mol. The van der Waals surface area contributed by atoms with Crippen molar-refractivity contribution < 1.29 is 0 Å². The predicted octanol–water partition coefficient (Wildman–Crippen LogP) is -1.49. The van der Waals surface area contributed by atoms with Crippen molar-refractivity contribution >= 4 is 23.1 Å². The zero-order valence-electron chi connectivity index (χ0n) is 1.52. The summed E-state index contributed by atoms with van der Waals surface area (Å²) < 4.78 is 0. The predicted molar refractivity (Wildman–Crippen MR) is 18.3 cm³/mol. The number of hydrogen-bond acceptors (Lipinski definition) is 2. The van der Waals surface area contributed by atoms with Crippen LogP contribution in [0.4, 0.5) is 0 Å². The molecule has 2 N–H and O–H groups in total. The van der Waals surface area contributed by atoms with Gasteiger partial charge in [-0.05, 0) is 0 Å². The first-order valence-corrected chi connectivity index (χ1v) is 0.512. The van der Waals surface area contributed by atoms with Crippen LogP contribution in [0, 0.1) is 11.5 Å². The number of nitrogens with two attached hydrogens (primary N) is 1. The van der Waals surface area contributed by atoms with E-state index in [4.69, 9.17) is 5.26 Å². The van der Waals surface area contributed by atoms with Crippen LogP contribution in [-0.2, 0) is 0 Å². The Morgan fingerprint density at radius 3 is 1.75 bits per heavy atom. The molecule has 2 nitrogen and oxygen atoms in total. The minimum atomic E-state index is 0. The van der Waals surface area contributed by atoms with Gasteiger partial charge in [0.25, 0.3) is 0 Å². The van der Waals surface area contributed by atoms with E-state index in [-0.39, 0.29) is 23.1 Å². The van der Waals surface area contributed by atoms with E-state index in [2.05, 4.69) is 5.73 Å². The summed E-state index contributed by atoms with van der Waals surface area (Å²) in [5.41, 5.74) is 4.15. The van der Waals surface area contributed by atoms with E-state index in [1.807, 2.05) is 0 Å². The van der Waals surface area contributed by atoms with Crippen LogP contribution in [-0.4, -0.2) is 23.1 Å². The van der Waals surface area contributed by atoms with Gasteiger partial charge in [-0.25, -0.2) is 0 Å². The Hall–Kier alpha value is 0.0562. The number of nitrogens with zero attached hydrogens (tertiary/aromatic N) is 1. The topological polar surface area (TPSA) is 49.8 Å². The van der Waals surface area contributed by atoms with Crippen molar-refractivity contribution in [1.82, 2.24) is 0 Å². The number of hydrogen-bond donors (Lipinski definition) is 1. The minimum absolute atomic E-state index is 0. The van der Waals surface area contributed by atoms with Crippen LogP contribution in [0.2, 0.25) is 0 Å². The molecule has 0 bridgehead atoms. The number of rotatable bonds is 0. The Bertz CT molecular complexity index is 27.5. The second-order valence-electron chi connectivity index (χ2n) is 0.129. The van der Waals surface area contributed by atoms with E-state index >= 15 is 0 Å². The first-order chi connectivity index (χ1) is 1.41. The van der Waals surface area contributed by atoms with E-state index in [9.17, 15) is 0 Å². The molecule has 0 saturated heterocycles. The smallest absolute Gasteiger partial charge is 0.316 e. The van der Waals surface area contributed by atoms with Gasteiger partial charge in [0, 0.05) is 0 Å². The average molecular weight is 68.4 g/mol. The fraction of sp³-hybridized carbons (Fsp3) is 0. The molecule has 4 heavy (non-hydrogen) atoms. The highest BCUT2D eigenvalue weighted by Crippen LogP contribution is 0.900. The Balaban J connectivity index is 0.